The van der Waals surface area contributed by atoms with Crippen LogP contribution in [0.25, 0.3) is 0 Å². The summed E-state index contributed by atoms with van der Waals surface area (Å²) in [7, 11) is 0. The minimum absolute atomic E-state index is 0.778. The van der Waals surface area contributed by atoms with Crippen LogP contribution < -0.4 is 5.32 Å². The molecule has 10 heavy (non-hydrogen) atoms. The Morgan fingerprint density at radius 2 is 2.60 bits per heavy atom. The van der Waals surface area contributed by atoms with Crippen LogP contribution in [0.15, 0.2) is 24.1 Å². The van der Waals surface area contributed by atoms with Crippen LogP contribution in [0.5, 0.6) is 0 Å². The third-order valence-electron chi connectivity index (χ3n) is 1.52. The molecule has 0 saturated heterocycles. The lowest BCUT2D eigenvalue weighted by atomic mass is 10.2. The molecule has 0 aliphatic carbocycles. The van der Waals surface area contributed by atoms with E-state index in [-0.39, 0.29) is 0 Å². The van der Waals surface area contributed by atoms with Crippen LogP contribution in [0.4, 0.5) is 0 Å². The smallest absolute Gasteiger partial charge is 0.119 e. The van der Waals surface area contributed by atoms with Crippen molar-refractivity contribution in [2.75, 3.05) is 13.2 Å². The molecular weight excluding hydrogens is 126 g/mol. The zero-order valence-electron chi connectivity index (χ0n) is 6.31. The van der Waals surface area contributed by atoms with Crippen LogP contribution in [0.2, 0.25) is 0 Å². The van der Waals surface area contributed by atoms with Gasteiger partial charge in [-0.25, -0.2) is 0 Å². The molecule has 2 heteroatoms. The summed E-state index contributed by atoms with van der Waals surface area (Å²) in [6, 6.07) is 0. The maximum atomic E-state index is 5.38. The third kappa shape index (κ3) is 1.32. The minimum Gasteiger partial charge on any atom is -0.494 e. The third-order valence-corrected chi connectivity index (χ3v) is 1.52. The monoisotopic (exact) mass is 139 g/mol. The predicted molar refractivity (Wildman–Crippen MR) is 41.5 cm³/mol. The van der Waals surface area contributed by atoms with Crippen molar-refractivity contribution in [1.29, 1.82) is 0 Å². The number of nitrogens with one attached hydrogen (secondary N) is 1. The van der Waals surface area contributed by atoms with Crippen molar-refractivity contribution in [2.24, 2.45) is 0 Å². The van der Waals surface area contributed by atoms with Gasteiger partial charge < -0.3 is 10.1 Å². The van der Waals surface area contributed by atoms with E-state index in [0.29, 0.717) is 0 Å². The second-order valence-electron chi connectivity index (χ2n) is 2.17. The van der Waals surface area contributed by atoms with Gasteiger partial charge in [0.2, 0.25) is 0 Å². The molecule has 1 aliphatic rings. The molecule has 0 aromatic carbocycles. The number of ether oxygens (including phenoxy) is 1. The van der Waals surface area contributed by atoms with E-state index in [1.54, 1.807) is 6.08 Å². The van der Waals surface area contributed by atoms with Crippen LogP contribution in [-0.2, 0) is 4.74 Å². The summed E-state index contributed by atoms with van der Waals surface area (Å²) in [6.45, 7) is 7.43. The van der Waals surface area contributed by atoms with Gasteiger partial charge in [-0.1, -0.05) is 13.5 Å². The molecule has 0 fully saturated rings. The van der Waals surface area contributed by atoms with Crippen LogP contribution in [-0.4, -0.2) is 13.2 Å². The van der Waals surface area contributed by atoms with Gasteiger partial charge in [-0.2, -0.15) is 0 Å². The van der Waals surface area contributed by atoms with E-state index >= 15 is 0 Å². The first-order chi connectivity index (χ1) is 4.88. The molecule has 1 rings (SSSR count). The Balaban J connectivity index is 2.72. The molecule has 0 atom stereocenters. The lowest BCUT2D eigenvalue weighted by Gasteiger charge is -2.19. The van der Waals surface area contributed by atoms with E-state index in [0.717, 1.165) is 31.0 Å². The molecule has 56 valence electrons. The Morgan fingerprint density at radius 1 is 1.80 bits per heavy atom. The topological polar surface area (TPSA) is 21.3 Å². The lowest BCUT2D eigenvalue weighted by molar-refractivity contribution is 0.186. The molecule has 0 unspecified atom stereocenters. The highest BCUT2D eigenvalue weighted by atomic mass is 16.5. The van der Waals surface area contributed by atoms with E-state index in [1.165, 1.54) is 0 Å². The Morgan fingerprint density at radius 3 is 3.10 bits per heavy atom. The van der Waals surface area contributed by atoms with E-state index < -0.39 is 0 Å². The lowest BCUT2D eigenvalue weighted by Crippen LogP contribution is -2.25. The second-order valence-corrected chi connectivity index (χ2v) is 2.17. The molecule has 1 aliphatic heterocycles. The average Bonchev–Trinajstić information content (AvgIpc) is 2.04. The maximum Gasteiger partial charge on any atom is 0.119 e. The predicted octanol–water partition coefficient (Wildman–Crippen LogP) is 1.41. The molecule has 0 spiro atoms. The summed E-state index contributed by atoms with van der Waals surface area (Å²) in [5.74, 6) is 1.03. The quantitative estimate of drug-likeness (QED) is 0.624. The van der Waals surface area contributed by atoms with Gasteiger partial charge in [0.25, 0.3) is 0 Å². The molecule has 0 bridgehead atoms. The molecule has 0 aromatic heterocycles. The zero-order valence-corrected chi connectivity index (χ0v) is 6.31. The summed E-state index contributed by atoms with van der Waals surface area (Å²) in [5, 5.41) is 3.21. The SMILES string of the molecule is C=CC1=C(CC)OCCN1. The standard InChI is InChI=1S/C8H13NO/c1-3-7-8(4-2)10-6-5-9-7/h3,9H,1,4-6H2,2H3. The van der Waals surface area contributed by atoms with Gasteiger partial charge in [0, 0.05) is 13.0 Å². The highest BCUT2D eigenvalue weighted by Crippen LogP contribution is 2.11. The minimum atomic E-state index is 0.778. The average molecular weight is 139 g/mol. The first-order valence-corrected chi connectivity index (χ1v) is 3.60. The Hall–Kier alpha value is -0.920. The van der Waals surface area contributed by atoms with Crippen molar-refractivity contribution in [2.45, 2.75) is 13.3 Å². The largest absolute Gasteiger partial charge is 0.494 e. The van der Waals surface area contributed by atoms with Gasteiger partial charge in [-0.15, -0.1) is 0 Å². The molecule has 2 nitrogen and oxygen atoms in total. The normalized spacial score (nSPS) is 17.7. The van der Waals surface area contributed by atoms with Crippen molar-refractivity contribution in [3.8, 4) is 0 Å². The number of hydrogen-bond acceptors (Lipinski definition) is 2. The Kier molecular flexibility index (Phi) is 2.37. The van der Waals surface area contributed by atoms with E-state index in [1.807, 2.05) is 0 Å². The van der Waals surface area contributed by atoms with Gasteiger partial charge >= 0.3 is 0 Å². The molecule has 0 saturated carbocycles. The molecule has 0 radical (unpaired) electrons. The summed E-state index contributed by atoms with van der Waals surface area (Å²) >= 11 is 0. The van der Waals surface area contributed by atoms with Crippen LogP contribution in [0, 0.1) is 0 Å². The van der Waals surface area contributed by atoms with Gasteiger partial charge in [0.15, 0.2) is 0 Å². The first-order valence-electron chi connectivity index (χ1n) is 3.60. The summed E-state index contributed by atoms with van der Waals surface area (Å²) in [5.41, 5.74) is 1.05. The fraction of sp³-hybridized carbons (Fsp3) is 0.500. The molecule has 1 N–H and O–H groups in total. The van der Waals surface area contributed by atoms with Crippen LogP contribution >= 0.6 is 0 Å². The van der Waals surface area contributed by atoms with Crippen molar-refractivity contribution in [3.05, 3.63) is 24.1 Å². The number of allylic oxidation sites excluding steroid dienone is 2. The van der Waals surface area contributed by atoms with E-state index in [2.05, 4.69) is 18.8 Å². The summed E-state index contributed by atoms with van der Waals surface area (Å²) in [4.78, 5) is 0. The van der Waals surface area contributed by atoms with Crippen molar-refractivity contribution in [1.82, 2.24) is 5.32 Å². The van der Waals surface area contributed by atoms with E-state index in [9.17, 15) is 0 Å². The van der Waals surface area contributed by atoms with Crippen LogP contribution in [0.3, 0.4) is 0 Å². The van der Waals surface area contributed by atoms with Gasteiger partial charge in [0.1, 0.15) is 12.4 Å². The molecule has 0 amide bonds. The maximum absolute atomic E-state index is 5.38. The highest BCUT2D eigenvalue weighted by molar-refractivity contribution is 5.19. The second kappa shape index (κ2) is 3.30. The fourth-order valence-electron chi connectivity index (χ4n) is 1.01. The first kappa shape index (κ1) is 7.19. The van der Waals surface area contributed by atoms with Crippen molar-refractivity contribution >= 4 is 0 Å². The Labute approximate surface area is 61.6 Å². The van der Waals surface area contributed by atoms with Gasteiger partial charge in [-0.05, 0) is 6.08 Å². The molecule has 0 aromatic rings. The van der Waals surface area contributed by atoms with Gasteiger partial charge in [0.05, 0.1) is 5.70 Å². The highest BCUT2D eigenvalue weighted by Gasteiger charge is 2.07. The van der Waals surface area contributed by atoms with E-state index in [4.69, 9.17) is 4.74 Å². The van der Waals surface area contributed by atoms with Crippen molar-refractivity contribution in [3.63, 3.8) is 0 Å². The zero-order chi connectivity index (χ0) is 7.40. The number of hydrogen-bond donors (Lipinski definition) is 1. The summed E-state index contributed by atoms with van der Waals surface area (Å²) < 4.78 is 5.38. The number of rotatable bonds is 2. The molecular formula is C8H13NO. The summed E-state index contributed by atoms with van der Waals surface area (Å²) in [6.07, 6.45) is 2.74. The Bertz CT molecular complexity index is 161. The van der Waals surface area contributed by atoms with Crippen LogP contribution in [0.1, 0.15) is 13.3 Å². The van der Waals surface area contributed by atoms with Gasteiger partial charge in [-0.3, -0.25) is 0 Å². The molecule has 1 heterocycles. The van der Waals surface area contributed by atoms with Crippen molar-refractivity contribution < 1.29 is 4.74 Å². The fourth-order valence-corrected chi connectivity index (χ4v) is 1.01.